The molecule has 1 rings (SSSR count). The van der Waals surface area contributed by atoms with Crippen molar-refractivity contribution >= 4 is 17.6 Å². The van der Waals surface area contributed by atoms with E-state index in [1.54, 1.807) is 0 Å². The zero-order chi connectivity index (χ0) is 9.14. The summed E-state index contributed by atoms with van der Waals surface area (Å²) in [6.07, 6.45) is 2.80. The second kappa shape index (κ2) is 3.51. The van der Waals surface area contributed by atoms with Crippen molar-refractivity contribution in [2.45, 2.75) is 6.04 Å². The fraction of sp³-hybridized carbons (Fsp3) is 0.143. The van der Waals surface area contributed by atoms with Gasteiger partial charge in [0, 0.05) is 12.4 Å². The molecule has 0 amide bonds. The Balaban J connectivity index is 2.95. The van der Waals surface area contributed by atoms with Crippen molar-refractivity contribution in [1.82, 2.24) is 4.98 Å². The molecule has 0 spiro atoms. The minimum atomic E-state index is -1.10. The van der Waals surface area contributed by atoms with Crippen molar-refractivity contribution in [3.05, 3.63) is 29.0 Å². The number of hydrogen-bond acceptors (Lipinski definition) is 3. The number of hydrogen-bond donors (Lipinski definition) is 2. The zero-order valence-electron chi connectivity index (χ0n) is 6.07. The first-order valence-electron chi connectivity index (χ1n) is 3.20. The fourth-order valence-electron chi connectivity index (χ4n) is 0.741. The van der Waals surface area contributed by atoms with Crippen LogP contribution in [0.5, 0.6) is 0 Å². The molecular weight excluding hydrogens is 180 g/mol. The van der Waals surface area contributed by atoms with E-state index in [1.807, 2.05) is 0 Å². The Labute approximate surface area is 74.0 Å². The van der Waals surface area contributed by atoms with Crippen molar-refractivity contribution in [3.63, 3.8) is 0 Å². The summed E-state index contributed by atoms with van der Waals surface area (Å²) in [4.78, 5) is 14.1. The highest BCUT2D eigenvalue weighted by Gasteiger charge is 2.14. The first kappa shape index (κ1) is 8.96. The molecule has 0 radical (unpaired) electrons. The van der Waals surface area contributed by atoms with E-state index in [4.69, 9.17) is 22.4 Å². The van der Waals surface area contributed by atoms with Crippen molar-refractivity contribution in [1.29, 1.82) is 0 Å². The van der Waals surface area contributed by atoms with E-state index in [0.29, 0.717) is 10.6 Å². The molecule has 0 aliphatic rings. The molecule has 0 fully saturated rings. The van der Waals surface area contributed by atoms with Gasteiger partial charge in [-0.3, -0.25) is 9.78 Å². The van der Waals surface area contributed by atoms with E-state index in [-0.39, 0.29) is 0 Å². The molecule has 0 aliphatic heterocycles. The van der Waals surface area contributed by atoms with Gasteiger partial charge in [-0.05, 0) is 11.6 Å². The molecule has 0 bridgehead atoms. The second-order valence-corrected chi connectivity index (χ2v) is 2.69. The predicted octanol–water partition coefficient (Wildman–Crippen LogP) is 0.819. The fourth-order valence-corrected chi connectivity index (χ4v) is 0.923. The number of aliphatic carboxylic acids is 1. The topological polar surface area (TPSA) is 76.2 Å². The Kier molecular flexibility index (Phi) is 2.62. The third-order valence-electron chi connectivity index (χ3n) is 1.35. The molecule has 3 N–H and O–H groups in total. The van der Waals surface area contributed by atoms with Gasteiger partial charge in [0.1, 0.15) is 6.04 Å². The maximum atomic E-state index is 10.4. The summed E-state index contributed by atoms with van der Waals surface area (Å²) in [5.74, 6) is -1.10. The number of nitrogens with zero attached hydrogens (tertiary/aromatic N) is 1. The van der Waals surface area contributed by atoms with Gasteiger partial charge in [-0.25, -0.2) is 0 Å². The Morgan fingerprint density at radius 2 is 2.33 bits per heavy atom. The molecule has 1 unspecified atom stereocenters. The van der Waals surface area contributed by atoms with Crippen LogP contribution in [0.15, 0.2) is 18.5 Å². The van der Waals surface area contributed by atoms with Gasteiger partial charge < -0.3 is 10.8 Å². The molecule has 1 heterocycles. The quantitative estimate of drug-likeness (QED) is 0.717. The van der Waals surface area contributed by atoms with E-state index in [2.05, 4.69) is 4.98 Å². The summed E-state index contributed by atoms with van der Waals surface area (Å²) in [5, 5.41) is 8.91. The van der Waals surface area contributed by atoms with Gasteiger partial charge in [0.05, 0.1) is 5.02 Å². The molecule has 1 aromatic heterocycles. The molecule has 0 saturated carbocycles. The van der Waals surface area contributed by atoms with Crippen molar-refractivity contribution in [2.75, 3.05) is 0 Å². The number of nitrogens with two attached hydrogens (primary N) is 1. The Hall–Kier alpha value is -1.13. The molecule has 0 saturated heterocycles. The third kappa shape index (κ3) is 1.93. The Bertz CT molecular complexity index is 303. The maximum Gasteiger partial charge on any atom is 0.325 e. The highest BCUT2D eigenvalue weighted by Crippen LogP contribution is 2.13. The number of carboxylic acids is 1. The summed E-state index contributed by atoms with van der Waals surface area (Å²) in [5.41, 5.74) is 5.71. The van der Waals surface area contributed by atoms with Crippen LogP contribution in [-0.4, -0.2) is 16.1 Å². The zero-order valence-corrected chi connectivity index (χ0v) is 6.82. The lowest BCUT2D eigenvalue weighted by atomic mass is 10.1. The monoisotopic (exact) mass is 186 g/mol. The number of carboxylic acid groups (broad SMARTS) is 1. The number of pyridine rings is 1. The van der Waals surface area contributed by atoms with Crippen molar-refractivity contribution in [3.8, 4) is 0 Å². The lowest BCUT2D eigenvalue weighted by Crippen LogP contribution is -2.20. The van der Waals surface area contributed by atoms with Crippen LogP contribution >= 0.6 is 11.6 Å². The molecule has 0 aromatic carbocycles. The molecule has 1 aromatic rings. The minimum absolute atomic E-state index is 0.379. The number of carbonyl (C=O) groups is 1. The standard InChI is InChI=1S/C7H7ClN2O2/c8-5-1-4(2-10-3-5)6(9)7(11)12/h1-3,6H,9H2,(H,11,12). The van der Waals surface area contributed by atoms with E-state index >= 15 is 0 Å². The molecule has 64 valence electrons. The lowest BCUT2D eigenvalue weighted by Gasteiger charge is -2.04. The average Bonchev–Trinajstić information content (AvgIpc) is 2.03. The second-order valence-electron chi connectivity index (χ2n) is 2.25. The summed E-state index contributed by atoms with van der Waals surface area (Å²) in [6.45, 7) is 0. The molecular formula is C7H7ClN2O2. The lowest BCUT2D eigenvalue weighted by molar-refractivity contribution is -0.138. The van der Waals surface area contributed by atoms with Crippen LogP contribution in [0, 0.1) is 0 Å². The van der Waals surface area contributed by atoms with Crippen LogP contribution in [0.1, 0.15) is 11.6 Å². The molecule has 1 atom stereocenters. The minimum Gasteiger partial charge on any atom is -0.480 e. The van der Waals surface area contributed by atoms with Crippen LogP contribution in [0.2, 0.25) is 5.02 Å². The van der Waals surface area contributed by atoms with Crippen LogP contribution in [0.3, 0.4) is 0 Å². The van der Waals surface area contributed by atoms with Crippen LogP contribution in [-0.2, 0) is 4.79 Å². The van der Waals surface area contributed by atoms with Gasteiger partial charge in [0.25, 0.3) is 0 Å². The van der Waals surface area contributed by atoms with Gasteiger partial charge in [-0.2, -0.15) is 0 Å². The smallest absolute Gasteiger partial charge is 0.325 e. The Morgan fingerprint density at radius 1 is 1.67 bits per heavy atom. The summed E-state index contributed by atoms with van der Waals surface area (Å²) in [6, 6.07) is 0.420. The van der Waals surface area contributed by atoms with Gasteiger partial charge in [0.2, 0.25) is 0 Å². The summed E-state index contributed by atoms with van der Waals surface area (Å²) in [7, 11) is 0. The largest absolute Gasteiger partial charge is 0.480 e. The molecule has 5 heteroatoms. The number of rotatable bonds is 2. The van der Waals surface area contributed by atoms with Crippen molar-refractivity contribution in [2.24, 2.45) is 5.73 Å². The predicted molar refractivity (Wildman–Crippen MR) is 43.8 cm³/mol. The van der Waals surface area contributed by atoms with E-state index in [9.17, 15) is 4.79 Å². The van der Waals surface area contributed by atoms with Crippen LogP contribution in [0.25, 0.3) is 0 Å². The van der Waals surface area contributed by atoms with E-state index < -0.39 is 12.0 Å². The normalized spacial score (nSPS) is 12.5. The highest BCUT2D eigenvalue weighted by atomic mass is 35.5. The first-order chi connectivity index (χ1) is 5.61. The molecule has 0 aliphatic carbocycles. The average molecular weight is 187 g/mol. The number of aromatic nitrogens is 1. The van der Waals surface area contributed by atoms with Gasteiger partial charge in [0.15, 0.2) is 0 Å². The third-order valence-corrected chi connectivity index (χ3v) is 1.56. The Morgan fingerprint density at radius 3 is 2.83 bits per heavy atom. The summed E-state index contributed by atoms with van der Waals surface area (Å²) < 4.78 is 0. The SMILES string of the molecule is NC(C(=O)O)c1cncc(Cl)c1. The highest BCUT2D eigenvalue weighted by molar-refractivity contribution is 6.30. The van der Waals surface area contributed by atoms with Gasteiger partial charge in [-0.15, -0.1) is 0 Å². The van der Waals surface area contributed by atoms with Crippen LogP contribution in [0.4, 0.5) is 0 Å². The molecule has 12 heavy (non-hydrogen) atoms. The van der Waals surface area contributed by atoms with Gasteiger partial charge >= 0.3 is 5.97 Å². The van der Waals surface area contributed by atoms with Gasteiger partial charge in [-0.1, -0.05) is 11.6 Å². The number of halogens is 1. The van der Waals surface area contributed by atoms with E-state index in [1.165, 1.54) is 18.5 Å². The van der Waals surface area contributed by atoms with E-state index in [0.717, 1.165) is 0 Å². The van der Waals surface area contributed by atoms with Crippen molar-refractivity contribution < 1.29 is 9.90 Å². The maximum absolute atomic E-state index is 10.4. The van der Waals surface area contributed by atoms with Crippen LogP contribution < -0.4 is 5.73 Å². The molecule has 4 nitrogen and oxygen atoms in total. The summed E-state index contributed by atoms with van der Waals surface area (Å²) >= 11 is 5.58. The first-order valence-corrected chi connectivity index (χ1v) is 3.58.